The minimum atomic E-state index is -0.508. The van der Waals surface area contributed by atoms with Crippen molar-refractivity contribution in [2.75, 3.05) is 0 Å². The van der Waals surface area contributed by atoms with Gasteiger partial charge in [-0.15, -0.1) is 0 Å². The molecule has 82 valence electrons. The zero-order chi connectivity index (χ0) is 11.7. The molecule has 0 heterocycles. The maximum atomic E-state index is 12.8. The Hall–Kier alpha value is -1.74. The molecule has 0 atom stereocenters. The molecule has 0 aliphatic heterocycles. The van der Waals surface area contributed by atoms with Gasteiger partial charge in [0.05, 0.1) is 5.02 Å². The summed E-state index contributed by atoms with van der Waals surface area (Å²) in [5.74, 6) is -0.708. The van der Waals surface area contributed by atoms with E-state index in [1.165, 1.54) is 24.3 Å². The third-order valence-electron chi connectivity index (χ3n) is 2.22. The summed E-state index contributed by atoms with van der Waals surface area (Å²) in [5.41, 5.74) is 1.07. The molecule has 0 radical (unpaired) electrons. The van der Waals surface area contributed by atoms with Crippen LogP contribution in [0.1, 0.15) is 0 Å². The van der Waals surface area contributed by atoms with Gasteiger partial charge < -0.3 is 10.2 Å². The minimum Gasteiger partial charge on any atom is -0.507 e. The van der Waals surface area contributed by atoms with Gasteiger partial charge >= 0.3 is 0 Å². The summed E-state index contributed by atoms with van der Waals surface area (Å²) in [6.45, 7) is 0. The molecule has 2 N–H and O–H groups in total. The molecule has 0 aromatic heterocycles. The highest BCUT2D eigenvalue weighted by Gasteiger charge is 2.07. The van der Waals surface area contributed by atoms with Gasteiger partial charge in [-0.3, -0.25) is 0 Å². The topological polar surface area (TPSA) is 40.5 Å². The Morgan fingerprint density at radius 2 is 1.69 bits per heavy atom. The molecule has 0 aliphatic rings. The second-order valence-corrected chi connectivity index (χ2v) is 3.73. The lowest BCUT2D eigenvalue weighted by molar-refractivity contribution is 0.470. The highest BCUT2D eigenvalue weighted by Crippen LogP contribution is 2.34. The molecule has 0 spiro atoms. The van der Waals surface area contributed by atoms with E-state index < -0.39 is 5.82 Å². The van der Waals surface area contributed by atoms with Gasteiger partial charge in [-0.2, -0.15) is 0 Å². The van der Waals surface area contributed by atoms with Gasteiger partial charge in [-0.1, -0.05) is 17.7 Å². The first kappa shape index (κ1) is 10.8. The number of benzene rings is 2. The van der Waals surface area contributed by atoms with E-state index in [0.717, 1.165) is 6.07 Å². The molecule has 16 heavy (non-hydrogen) atoms. The molecule has 0 saturated carbocycles. The number of aromatic hydroxyl groups is 2. The third kappa shape index (κ3) is 1.95. The van der Waals surface area contributed by atoms with Crippen molar-refractivity contribution in [3.63, 3.8) is 0 Å². The molecule has 0 fully saturated rings. The average molecular weight is 239 g/mol. The number of halogens is 2. The van der Waals surface area contributed by atoms with Crippen molar-refractivity contribution >= 4 is 11.6 Å². The number of phenols is 2. The molecule has 2 aromatic carbocycles. The van der Waals surface area contributed by atoms with Gasteiger partial charge in [0.25, 0.3) is 0 Å². The fraction of sp³-hybridized carbons (Fsp3) is 0. The van der Waals surface area contributed by atoms with Gasteiger partial charge in [0.1, 0.15) is 17.3 Å². The predicted molar refractivity (Wildman–Crippen MR) is 60.2 cm³/mol. The van der Waals surface area contributed by atoms with Gasteiger partial charge in [-0.25, -0.2) is 4.39 Å². The highest BCUT2D eigenvalue weighted by atomic mass is 35.5. The SMILES string of the molecule is Oc1ccc(-c2ccc(F)cc2O)cc1Cl. The van der Waals surface area contributed by atoms with Crippen LogP contribution in [0.2, 0.25) is 5.02 Å². The van der Waals surface area contributed by atoms with Crippen LogP contribution in [0.3, 0.4) is 0 Å². The maximum absolute atomic E-state index is 12.8. The summed E-state index contributed by atoms with van der Waals surface area (Å²) in [4.78, 5) is 0. The van der Waals surface area contributed by atoms with Gasteiger partial charge in [-0.05, 0) is 29.8 Å². The van der Waals surface area contributed by atoms with Crippen LogP contribution in [0, 0.1) is 5.82 Å². The van der Waals surface area contributed by atoms with Gasteiger partial charge in [0.2, 0.25) is 0 Å². The first-order valence-electron chi connectivity index (χ1n) is 4.55. The van der Waals surface area contributed by atoms with E-state index in [0.29, 0.717) is 11.1 Å². The summed E-state index contributed by atoms with van der Waals surface area (Å²) in [5, 5.41) is 19.0. The zero-order valence-electron chi connectivity index (χ0n) is 8.11. The van der Waals surface area contributed by atoms with E-state index in [4.69, 9.17) is 11.6 Å². The lowest BCUT2D eigenvalue weighted by Gasteiger charge is -2.06. The number of phenolic OH excluding ortho intramolecular Hbond substituents is 2. The standard InChI is InChI=1S/C12H8ClFO2/c13-10-5-7(1-4-11(10)15)9-3-2-8(14)6-12(9)16/h1-6,15-16H. The summed E-state index contributed by atoms with van der Waals surface area (Å²) in [6, 6.07) is 8.23. The van der Waals surface area contributed by atoms with Gasteiger partial charge in [0.15, 0.2) is 0 Å². The van der Waals surface area contributed by atoms with Crippen LogP contribution in [0.15, 0.2) is 36.4 Å². The monoisotopic (exact) mass is 238 g/mol. The van der Waals surface area contributed by atoms with Crippen LogP contribution in [0.25, 0.3) is 11.1 Å². The van der Waals surface area contributed by atoms with E-state index in [2.05, 4.69) is 0 Å². The molecule has 0 aliphatic carbocycles. The van der Waals surface area contributed by atoms with Crippen molar-refractivity contribution in [2.45, 2.75) is 0 Å². The third-order valence-corrected chi connectivity index (χ3v) is 2.52. The highest BCUT2D eigenvalue weighted by molar-refractivity contribution is 6.32. The van der Waals surface area contributed by atoms with E-state index >= 15 is 0 Å². The minimum absolute atomic E-state index is 0.0352. The largest absolute Gasteiger partial charge is 0.507 e. The van der Waals surface area contributed by atoms with Crippen molar-refractivity contribution in [1.82, 2.24) is 0 Å². The first-order chi connectivity index (χ1) is 7.58. The van der Waals surface area contributed by atoms with Crippen LogP contribution in [0.4, 0.5) is 4.39 Å². The summed E-state index contributed by atoms with van der Waals surface area (Å²) in [6.07, 6.45) is 0. The van der Waals surface area contributed by atoms with Crippen molar-refractivity contribution in [2.24, 2.45) is 0 Å². The molecule has 2 nitrogen and oxygen atoms in total. The Labute approximate surface area is 96.5 Å². The van der Waals surface area contributed by atoms with E-state index in [9.17, 15) is 14.6 Å². The summed E-state index contributed by atoms with van der Waals surface area (Å²) >= 11 is 5.74. The molecular weight excluding hydrogens is 231 g/mol. The van der Waals surface area contributed by atoms with Crippen molar-refractivity contribution in [3.05, 3.63) is 47.2 Å². The van der Waals surface area contributed by atoms with Crippen molar-refractivity contribution in [1.29, 1.82) is 0 Å². The van der Waals surface area contributed by atoms with Crippen LogP contribution in [-0.2, 0) is 0 Å². The second kappa shape index (κ2) is 4.02. The summed E-state index contributed by atoms with van der Waals surface area (Å²) in [7, 11) is 0. The Kier molecular flexibility index (Phi) is 2.71. The van der Waals surface area contributed by atoms with E-state index in [-0.39, 0.29) is 16.5 Å². The zero-order valence-corrected chi connectivity index (χ0v) is 8.87. The predicted octanol–water partition coefficient (Wildman–Crippen LogP) is 3.56. The quantitative estimate of drug-likeness (QED) is 0.798. The lowest BCUT2D eigenvalue weighted by Crippen LogP contribution is -1.81. The van der Waals surface area contributed by atoms with Crippen LogP contribution in [-0.4, -0.2) is 10.2 Å². The Bertz CT molecular complexity index is 541. The van der Waals surface area contributed by atoms with Crippen LogP contribution < -0.4 is 0 Å². The second-order valence-electron chi connectivity index (χ2n) is 3.33. The lowest BCUT2D eigenvalue weighted by atomic mass is 10.0. The van der Waals surface area contributed by atoms with Crippen molar-refractivity contribution in [3.8, 4) is 22.6 Å². The van der Waals surface area contributed by atoms with Crippen LogP contribution >= 0.6 is 11.6 Å². The normalized spacial score (nSPS) is 10.4. The first-order valence-corrected chi connectivity index (χ1v) is 4.93. The van der Waals surface area contributed by atoms with Crippen LogP contribution in [0.5, 0.6) is 11.5 Å². The fourth-order valence-corrected chi connectivity index (χ4v) is 1.60. The Morgan fingerprint density at radius 3 is 2.31 bits per heavy atom. The molecule has 4 heteroatoms. The Balaban J connectivity index is 2.54. The smallest absolute Gasteiger partial charge is 0.134 e. The maximum Gasteiger partial charge on any atom is 0.134 e. The number of rotatable bonds is 1. The van der Waals surface area contributed by atoms with E-state index in [1.807, 2.05) is 0 Å². The molecule has 2 aromatic rings. The molecule has 0 bridgehead atoms. The number of hydrogen-bond acceptors (Lipinski definition) is 2. The Morgan fingerprint density at radius 1 is 0.938 bits per heavy atom. The summed E-state index contributed by atoms with van der Waals surface area (Å²) < 4.78 is 12.8. The van der Waals surface area contributed by atoms with Gasteiger partial charge in [0, 0.05) is 11.6 Å². The molecule has 0 unspecified atom stereocenters. The number of hydrogen-bond donors (Lipinski definition) is 2. The molecule has 2 rings (SSSR count). The average Bonchev–Trinajstić information content (AvgIpc) is 2.22. The molecule has 0 saturated heterocycles. The van der Waals surface area contributed by atoms with Crippen molar-refractivity contribution < 1.29 is 14.6 Å². The molecular formula is C12H8ClFO2. The molecule has 0 amide bonds. The van der Waals surface area contributed by atoms with E-state index in [1.54, 1.807) is 6.07 Å². The fourth-order valence-electron chi connectivity index (χ4n) is 1.42.